The summed E-state index contributed by atoms with van der Waals surface area (Å²) in [6.07, 6.45) is 0. The average molecular weight is 338 g/mol. The van der Waals surface area contributed by atoms with Crippen LogP contribution in [0.1, 0.15) is 22.8 Å². The number of fused-ring (bicyclic) bond motifs is 1. The van der Waals surface area contributed by atoms with E-state index in [0.29, 0.717) is 23.3 Å². The van der Waals surface area contributed by atoms with Gasteiger partial charge in [-0.1, -0.05) is 22.9 Å². The fourth-order valence-corrected chi connectivity index (χ4v) is 2.38. The Hall–Kier alpha value is -3.22. The van der Waals surface area contributed by atoms with Gasteiger partial charge in [-0.2, -0.15) is 0 Å². The molecule has 0 radical (unpaired) electrons. The van der Waals surface area contributed by atoms with E-state index in [9.17, 15) is 9.59 Å². The van der Waals surface area contributed by atoms with Crippen LogP contribution >= 0.6 is 0 Å². The topological polar surface area (TPSA) is 86.1 Å². The molecule has 1 amide bonds. The fraction of sp³-hybridized carbons (Fsp3) is 0.222. The summed E-state index contributed by atoms with van der Waals surface area (Å²) in [5, 5.41) is 10.7. The highest BCUT2D eigenvalue weighted by atomic mass is 16.5. The molecule has 1 aromatic heterocycles. The highest BCUT2D eigenvalue weighted by molar-refractivity contribution is 5.97. The zero-order chi connectivity index (χ0) is 17.8. The van der Waals surface area contributed by atoms with Gasteiger partial charge in [0.2, 0.25) is 0 Å². The number of hydrogen-bond acceptors (Lipinski definition) is 5. The van der Waals surface area contributed by atoms with Crippen LogP contribution in [0.3, 0.4) is 0 Å². The molecule has 3 rings (SSSR count). The van der Waals surface area contributed by atoms with Gasteiger partial charge >= 0.3 is 5.97 Å². The Morgan fingerprint density at radius 1 is 1.16 bits per heavy atom. The lowest BCUT2D eigenvalue weighted by Gasteiger charge is -2.07. The molecular formula is C18H18N4O3. The van der Waals surface area contributed by atoms with E-state index in [1.807, 2.05) is 26.0 Å². The number of carbonyl (C=O) groups excluding carboxylic acids is 2. The summed E-state index contributed by atoms with van der Waals surface area (Å²) in [5.41, 5.74) is 3.54. The number of benzene rings is 2. The third-order valence-corrected chi connectivity index (χ3v) is 3.72. The first kappa shape index (κ1) is 16.6. The van der Waals surface area contributed by atoms with Gasteiger partial charge in [0, 0.05) is 12.2 Å². The SMILES string of the molecule is CCn1nnc2cc(C(=O)OCC(=O)Nc3ccc(C)cc3)ccc21. The van der Waals surface area contributed by atoms with E-state index in [1.165, 1.54) is 0 Å². The number of anilines is 1. The van der Waals surface area contributed by atoms with Crippen molar-refractivity contribution in [2.24, 2.45) is 0 Å². The maximum atomic E-state index is 12.1. The number of aromatic nitrogens is 3. The molecule has 0 spiro atoms. The second kappa shape index (κ2) is 7.12. The quantitative estimate of drug-likeness (QED) is 0.723. The first-order valence-electron chi connectivity index (χ1n) is 7.93. The van der Waals surface area contributed by atoms with E-state index in [1.54, 1.807) is 35.0 Å². The summed E-state index contributed by atoms with van der Waals surface area (Å²) >= 11 is 0. The molecule has 0 fully saturated rings. The molecule has 2 aromatic carbocycles. The summed E-state index contributed by atoms with van der Waals surface area (Å²) in [4.78, 5) is 24.0. The lowest BCUT2D eigenvalue weighted by molar-refractivity contribution is -0.119. The number of esters is 1. The van der Waals surface area contributed by atoms with Gasteiger partial charge in [-0.25, -0.2) is 9.48 Å². The van der Waals surface area contributed by atoms with Gasteiger partial charge in [0.05, 0.1) is 11.1 Å². The van der Waals surface area contributed by atoms with Crippen molar-refractivity contribution in [1.29, 1.82) is 0 Å². The normalized spacial score (nSPS) is 10.6. The van der Waals surface area contributed by atoms with Crippen molar-refractivity contribution in [3.8, 4) is 0 Å². The van der Waals surface area contributed by atoms with Crippen LogP contribution in [0, 0.1) is 6.92 Å². The number of nitrogens with one attached hydrogen (secondary N) is 1. The summed E-state index contributed by atoms with van der Waals surface area (Å²) in [6, 6.07) is 12.4. The Morgan fingerprint density at radius 3 is 2.64 bits per heavy atom. The van der Waals surface area contributed by atoms with Crippen LogP contribution in [0.2, 0.25) is 0 Å². The van der Waals surface area contributed by atoms with Crippen LogP contribution in [0.4, 0.5) is 5.69 Å². The molecule has 0 aliphatic carbocycles. The summed E-state index contributed by atoms with van der Waals surface area (Å²) in [5.74, 6) is -0.970. The number of rotatable bonds is 5. The molecule has 25 heavy (non-hydrogen) atoms. The Kier molecular flexibility index (Phi) is 4.74. The fourth-order valence-electron chi connectivity index (χ4n) is 2.38. The number of amides is 1. The van der Waals surface area contributed by atoms with E-state index < -0.39 is 11.9 Å². The molecule has 7 nitrogen and oxygen atoms in total. The number of ether oxygens (including phenoxy) is 1. The molecular weight excluding hydrogens is 320 g/mol. The third-order valence-electron chi connectivity index (χ3n) is 3.72. The Balaban J connectivity index is 1.60. The maximum Gasteiger partial charge on any atom is 0.338 e. The highest BCUT2D eigenvalue weighted by Crippen LogP contribution is 2.14. The second-order valence-electron chi connectivity index (χ2n) is 5.60. The predicted octanol–water partition coefficient (Wildman–Crippen LogP) is 2.56. The highest BCUT2D eigenvalue weighted by Gasteiger charge is 2.13. The Labute approximate surface area is 144 Å². The van der Waals surface area contributed by atoms with Gasteiger partial charge in [-0.15, -0.1) is 5.10 Å². The van der Waals surface area contributed by atoms with E-state index in [-0.39, 0.29) is 6.61 Å². The van der Waals surface area contributed by atoms with Crippen molar-refractivity contribution in [1.82, 2.24) is 15.0 Å². The predicted molar refractivity (Wildman–Crippen MR) is 93.3 cm³/mol. The minimum absolute atomic E-state index is 0.332. The zero-order valence-corrected chi connectivity index (χ0v) is 14.0. The van der Waals surface area contributed by atoms with Crippen molar-refractivity contribution in [2.75, 3.05) is 11.9 Å². The first-order valence-corrected chi connectivity index (χ1v) is 7.93. The minimum atomic E-state index is -0.577. The van der Waals surface area contributed by atoms with E-state index in [0.717, 1.165) is 11.1 Å². The molecule has 0 aliphatic rings. The maximum absolute atomic E-state index is 12.1. The van der Waals surface area contributed by atoms with Crippen molar-refractivity contribution in [3.05, 3.63) is 53.6 Å². The summed E-state index contributed by atoms with van der Waals surface area (Å²) in [6.45, 7) is 4.26. The van der Waals surface area contributed by atoms with E-state index in [2.05, 4.69) is 15.6 Å². The molecule has 1 heterocycles. The van der Waals surface area contributed by atoms with Gasteiger partial charge in [-0.3, -0.25) is 4.79 Å². The number of aryl methyl sites for hydroxylation is 2. The molecule has 0 saturated heterocycles. The third kappa shape index (κ3) is 3.82. The first-order chi connectivity index (χ1) is 12.1. The Morgan fingerprint density at radius 2 is 1.92 bits per heavy atom. The van der Waals surface area contributed by atoms with Crippen LogP contribution in [0.5, 0.6) is 0 Å². The van der Waals surface area contributed by atoms with E-state index in [4.69, 9.17) is 4.74 Å². The molecule has 0 aliphatic heterocycles. The van der Waals surface area contributed by atoms with Gasteiger partial charge in [0.1, 0.15) is 5.52 Å². The average Bonchev–Trinajstić information content (AvgIpc) is 3.04. The van der Waals surface area contributed by atoms with Crippen molar-refractivity contribution in [3.63, 3.8) is 0 Å². The van der Waals surface area contributed by atoms with Crippen molar-refractivity contribution in [2.45, 2.75) is 20.4 Å². The lowest BCUT2D eigenvalue weighted by atomic mass is 10.2. The summed E-state index contributed by atoms with van der Waals surface area (Å²) < 4.78 is 6.80. The van der Waals surface area contributed by atoms with Gasteiger partial charge in [-0.05, 0) is 44.2 Å². The molecule has 0 unspecified atom stereocenters. The van der Waals surface area contributed by atoms with Crippen LogP contribution in [-0.2, 0) is 16.1 Å². The molecule has 0 saturated carbocycles. The smallest absolute Gasteiger partial charge is 0.338 e. The number of hydrogen-bond donors (Lipinski definition) is 1. The standard InChI is InChI=1S/C18H18N4O3/c1-3-22-16-9-6-13(10-15(16)20-21-22)18(24)25-11-17(23)19-14-7-4-12(2)5-8-14/h4-10H,3,11H2,1-2H3,(H,19,23). The number of carbonyl (C=O) groups is 2. The molecule has 128 valence electrons. The van der Waals surface area contributed by atoms with Crippen molar-refractivity contribution >= 4 is 28.6 Å². The minimum Gasteiger partial charge on any atom is -0.452 e. The monoisotopic (exact) mass is 338 g/mol. The van der Waals surface area contributed by atoms with Crippen molar-refractivity contribution < 1.29 is 14.3 Å². The largest absolute Gasteiger partial charge is 0.452 e. The van der Waals surface area contributed by atoms with Gasteiger partial charge in [0.15, 0.2) is 6.61 Å². The van der Waals surface area contributed by atoms with Crippen LogP contribution in [0.15, 0.2) is 42.5 Å². The molecule has 7 heteroatoms. The van der Waals surface area contributed by atoms with Gasteiger partial charge in [0.25, 0.3) is 5.91 Å². The van der Waals surface area contributed by atoms with Gasteiger partial charge < -0.3 is 10.1 Å². The number of nitrogens with zero attached hydrogens (tertiary/aromatic N) is 3. The molecule has 0 bridgehead atoms. The molecule has 0 atom stereocenters. The summed E-state index contributed by atoms with van der Waals surface area (Å²) in [7, 11) is 0. The zero-order valence-electron chi connectivity index (χ0n) is 14.0. The van der Waals surface area contributed by atoms with E-state index >= 15 is 0 Å². The lowest BCUT2D eigenvalue weighted by Crippen LogP contribution is -2.20. The Bertz CT molecular complexity index is 916. The van der Waals surface area contributed by atoms with Crippen LogP contribution in [-0.4, -0.2) is 33.5 Å². The molecule has 3 aromatic rings. The van der Waals surface area contributed by atoms with Crippen LogP contribution in [0.25, 0.3) is 11.0 Å². The van der Waals surface area contributed by atoms with Crippen LogP contribution < -0.4 is 5.32 Å². The molecule has 1 N–H and O–H groups in total. The second-order valence-corrected chi connectivity index (χ2v) is 5.60.